The molecule has 1 aliphatic rings. The molecular formula is C17H19F2N5O2. The minimum absolute atomic E-state index is 0.309. The fraction of sp³-hybridized carbons (Fsp3) is 0.471. The summed E-state index contributed by atoms with van der Waals surface area (Å²) in [5.74, 6) is 1.28. The standard InChI is InChI=1S/C17H19F2N5O2/c1-10(16-21-12-5-3-4-6-13(12)24(16)17(18)19)23-7-8-25-14(9-23)15-20-11(2)26-22-15/h3-6,10,14,17H,7-9H2,1-2H3/t10-,14-/m0/s1. The molecule has 0 aliphatic carbocycles. The van der Waals surface area contributed by atoms with Crippen LogP contribution >= 0.6 is 0 Å². The van der Waals surface area contributed by atoms with Crippen LogP contribution in [0.1, 0.15) is 43.2 Å². The van der Waals surface area contributed by atoms with Gasteiger partial charge in [-0.2, -0.15) is 13.8 Å². The third kappa shape index (κ3) is 2.97. The van der Waals surface area contributed by atoms with E-state index in [1.807, 2.05) is 6.92 Å². The van der Waals surface area contributed by atoms with Gasteiger partial charge in [0.1, 0.15) is 11.9 Å². The highest BCUT2D eigenvalue weighted by molar-refractivity contribution is 5.76. The van der Waals surface area contributed by atoms with Gasteiger partial charge in [-0.05, 0) is 19.1 Å². The highest BCUT2D eigenvalue weighted by Crippen LogP contribution is 2.32. The van der Waals surface area contributed by atoms with Crippen LogP contribution in [0, 0.1) is 6.92 Å². The van der Waals surface area contributed by atoms with Gasteiger partial charge in [-0.3, -0.25) is 9.47 Å². The second-order valence-corrected chi connectivity index (χ2v) is 6.31. The van der Waals surface area contributed by atoms with E-state index in [1.165, 1.54) is 0 Å². The van der Waals surface area contributed by atoms with Crippen LogP contribution in [0.4, 0.5) is 8.78 Å². The summed E-state index contributed by atoms with van der Waals surface area (Å²) < 4.78 is 39.2. The van der Waals surface area contributed by atoms with Crippen molar-refractivity contribution in [3.8, 4) is 0 Å². The Kier molecular flexibility index (Phi) is 4.41. The number of aromatic nitrogens is 4. The molecule has 1 aliphatic heterocycles. The number of ether oxygens (including phenoxy) is 1. The Labute approximate surface area is 148 Å². The Hall–Kier alpha value is -2.39. The average molecular weight is 363 g/mol. The van der Waals surface area contributed by atoms with E-state index in [2.05, 4.69) is 20.0 Å². The molecule has 0 unspecified atom stereocenters. The van der Waals surface area contributed by atoms with Crippen molar-refractivity contribution in [2.45, 2.75) is 32.5 Å². The Morgan fingerprint density at radius 2 is 2.04 bits per heavy atom. The number of aryl methyl sites for hydroxylation is 1. The van der Waals surface area contributed by atoms with Crippen LogP contribution in [0.25, 0.3) is 11.0 Å². The van der Waals surface area contributed by atoms with Gasteiger partial charge in [0.05, 0.1) is 23.7 Å². The minimum atomic E-state index is -2.66. The maximum Gasteiger partial charge on any atom is 0.320 e. The molecule has 4 rings (SSSR count). The van der Waals surface area contributed by atoms with Crippen molar-refractivity contribution in [1.82, 2.24) is 24.6 Å². The van der Waals surface area contributed by atoms with Gasteiger partial charge in [0.2, 0.25) is 11.7 Å². The van der Waals surface area contributed by atoms with E-state index in [9.17, 15) is 8.78 Å². The van der Waals surface area contributed by atoms with E-state index >= 15 is 0 Å². The molecule has 3 heterocycles. The van der Waals surface area contributed by atoms with Crippen LogP contribution < -0.4 is 0 Å². The first kappa shape index (κ1) is 17.0. The summed E-state index contributed by atoms with van der Waals surface area (Å²) in [5, 5.41) is 3.91. The molecule has 26 heavy (non-hydrogen) atoms. The van der Waals surface area contributed by atoms with Gasteiger partial charge in [0.15, 0.2) is 0 Å². The molecule has 0 N–H and O–H groups in total. The second-order valence-electron chi connectivity index (χ2n) is 6.31. The summed E-state index contributed by atoms with van der Waals surface area (Å²) in [6.07, 6.45) is -0.354. The Bertz CT molecular complexity index is 910. The number of nitrogens with zero attached hydrogens (tertiary/aromatic N) is 5. The number of morpholine rings is 1. The fourth-order valence-corrected chi connectivity index (χ4v) is 3.35. The largest absolute Gasteiger partial charge is 0.367 e. The maximum absolute atomic E-state index is 13.7. The minimum Gasteiger partial charge on any atom is -0.367 e. The van der Waals surface area contributed by atoms with Crippen molar-refractivity contribution < 1.29 is 18.0 Å². The van der Waals surface area contributed by atoms with Crippen molar-refractivity contribution >= 4 is 11.0 Å². The molecule has 0 radical (unpaired) electrons. The number of halogens is 2. The third-order valence-electron chi connectivity index (χ3n) is 4.67. The molecule has 9 heteroatoms. The maximum atomic E-state index is 13.7. The van der Waals surface area contributed by atoms with Gasteiger partial charge in [-0.15, -0.1) is 0 Å². The Balaban J connectivity index is 1.64. The smallest absolute Gasteiger partial charge is 0.320 e. The number of para-hydroxylation sites is 2. The first-order chi connectivity index (χ1) is 12.5. The predicted molar refractivity (Wildman–Crippen MR) is 88.7 cm³/mol. The van der Waals surface area contributed by atoms with E-state index in [-0.39, 0.29) is 12.1 Å². The summed E-state index contributed by atoms with van der Waals surface area (Å²) in [6.45, 7) is 2.48. The van der Waals surface area contributed by atoms with Gasteiger partial charge < -0.3 is 9.26 Å². The predicted octanol–water partition coefficient (Wildman–Crippen LogP) is 3.26. The lowest BCUT2D eigenvalue weighted by molar-refractivity contribution is -0.0507. The Morgan fingerprint density at radius 3 is 2.77 bits per heavy atom. The quantitative estimate of drug-likeness (QED) is 0.709. The lowest BCUT2D eigenvalue weighted by Crippen LogP contribution is -2.41. The van der Waals surface area contributed by atoms with Crippen LogP contribution in [-0.2, 0) is 4.74 Å². The van der Waals surface area contributed by atoms with Crippen molar-refractivity contribution in [2.24, 2.45) is 0 Å². The number of benzene rings is 1. The molecule has 0 saturated carbocycles. The molecule has 0 bridgehead atoms. The number of imidazole rings is 1. The molecule has 0 amide bonds. The van der Waals surface area contributed by atoms with Crippen LogP contribution in [0.2, 0.25) is 0 Å². The number of rotatable bonds is 4. The molecule has 2 atom stereocenters. The Morgan fingerprint density at radius 1 is 1.23 bits per heavy atom. The summed E-state index contributed by atoms with van der Waals surface area (Å²) in [5.41, 5.74) is 0.996. The van der Waals surface area contributed by atoms with Gasteiger partial charge in [-0.25, -0.2) is 4.98 Å². The second kappa shape index (κ2) is 6.73. The summed E-state index contributed by atoms with van der Waals surface area (Å²) >= 11 is 0. The topological polar surface area (TPSA) is 69.2 Å². The van der Waals surface area contributed by atoms with E-state index in [0.717, 1.165) is 4.57 Å². The van der Waals surface area contributed by atoms with Crippen LogP contribution in [0.15, 0.2) is 28.8 Å². The lowest BCUT2D eigenvalue weighted by Gasteiger charge is -2.35. The highest BCUT2D eigenvalue weighted by Gasteiger charge is 2.32. The zero-order valence-corrected chi connectivity index (χ0v) is 14.5. The molecule has 1 saturated heterocycles. The summed E-state index contributed by atoms with van der Waals surface area (Å²) in [4.78, 5) is 10.7. The van der Waals surface area contributed by atoms with Gasteiger partial charge in [0.25, 0.3) is 0 Å². The summed E-state index contributed by atoms with van der Waals surface area (Å²) in [7, 11) is 0. The first-order valence-corrected chi connectivity index (χ1v) is 8.45. The van der Waals surface area contributed by atoms with E-state index in [4.69, 9.17) is 9.26 Å². The molecule has 1 aromatic carbocycles. The molecule has 3 aromatic rings. The molecule has 0 spiro atoms. The van der Waals surface area contributed by atoms with Gasteiger partial charge in [0, 0.05) is 20.0 Å². The van der Waals surface area contributed by atoms with Crippen molar-refractivity contribution in [3.63, 3.8) is 0 Å². The number of alkyl halides is 2. The van der Waals surface area contributed by atoms with Crippen molar-refractivity contribution in [3.05, 3.63) is 41.8 Å². The lowest BCUT2D eigenvalue weighted by atomic mass is 10.2. The first-order valence-electron chi connectivity index (χ1n) is 8.45. The van der Waals surface area contributed by atoms with Gasteiger partial charge >= 0.3 is 6.55 Å². The summed E-state index contributed by atoms with van der Waals surface area (Å²) in [6, 6.07) is 6.63. The number of hydrogen-bond acceptors (Lipinski definition) is 6. The normalized spacial score (nSPS) is 20.1. The van der Waals surface area contributed by atoms with Crippen LogP contribution in [0.3, 0.4) is 0 Å². The highest BCUT2D eigenvalue weighted by atomic mass is 19.3. The van der Waals surface area contributed by atoms with E-state index in [0.29, 0.717) is 48.3 Å². The third-order valence-corrected chi connectivity index (χ3v) is 4.67. The average Bonchev–Trinajstić information content (AvgIpc) is 3.24. The molecule has 7 nitrogen and oxygen atoms in total. The number of fused-ring (bicyclic) bond motifs is 1. The molecule has 138 valence electrons. The van der Waals surface area contributed by atoms with Crippen LogP contribution in [0.5, 0.6) is 0 Å². The molecule has 1 fully saturated rings. The SMILES string of the molecule is Cc1nc([C@@H]2CN([C@@H](C)c3nc4ccccc4n3C(F)F)CCO2)no1. The van der Waals surface area contributed by atoms with E-state index in [1.54, 1.807) is 31.2 Å². The monoisotopic (exact) mass is 363 g/mol. The molecule has 2 aromatic heterocycles. The van der Waals surface area contributed by atoms with Crippen molar-refractivity contribution in [2.75, 3.05) is 19.7 Å². The number of hydrogen-bond donors (Lipinski definition) is 0. The zero-order chi connectivity index (χ0) is 18.3. The van der Waals surface area contributed by atoms with Crippen molar-refractivity contribution in [1.29, 1.82) is 0 Å². The van der Waals surface area contributed by atoms with Crippen LogP contribution in [-0.4, -0.2) is 44.3 Å². The zero-order valence-electron chi connectivity index (χ0n) is 14.5. The fourth-order valence-electron chi connectivity index (χ4n) is 3.35. The molecular weight excluding hydrogens is 344 g/mol. The van der Waals surface area contributed by atoms with Gasteiger partial charge in [-0.1, -0.05) is 17.3 Å². The van der Waals surface area contributed by atoms with E-state index < -0.39 is 6.55 Å².